The highest BCUT2D eigenvalue weighted by molar-refractivity contribution is 5.68. The summed E-state index contributed by atoms with van der Waals surface area (Å²) in [7, 11) is 0. The Kier molecular flexibility index (Phi) is 7.12. The lowest BCUT2D eigenvalue weighted by atomic mass is 10.1. The Hall–Kier alpha value is -2.40. The van der Waals surface area contributed by atoms with E-state index in [2.05, 4.69) is 15.3 Å². The molecule has 1 N–H and O–H groups in total. The summed E-state index contributed by atoms with van der Waals surface area (Å²) in [6, 6.07) is 7.29. The highest BCUT2D eigenvalue weighted by Crippen LogP contribution is 2.19. The molecule has 1 unspecified atom stereocenters. The van der Waals surface area contributed by atoms with Crippen molar-refractivity contribution in [2.24, 2.45) is 5.11 Å². The van der Waals surface area contributed by atoms with Gasteiger partial charge in [0.1, 0.15) is 17.0 Å². The van der Waals surface area contributed by atoms with Gasteiger partial charge in [-0.25, -0.2) is 4.79 Å². The van der Waals surface area contributed by atoms with Crippen LogP contribution in [0.15, 0.2) is 29.4 Å². The second-order valence-electron chi connectivity index (χ2n) is 7.82. The normalized spacial score (nSPS) is 12.7. The topological polar surface area (TPSA) is 96.3 Å². The van der Waals surface area contributed by atoms with E-state index >= 15 is 0 Å². The molecule has 1 aromatic carbocycles. The molecule has 0 aliphatic heterocycles. The number of azide groups is 1. The van der Waals surface area contributed by atoms with Crippen LogP contribution in [0.25, 0.3) is 10.4 Å². The highest BCUT2D eigenvalue weighted by atomic mass is 16.6. The Morgan fingerprint density at radius 2 is 1.76 bits per heavy atom. The number of hydrogen-bond acceptors (Lipinski definition) is 4. The van der Waals surface area contributed by atoms with E-state index in [1.54, 1.807) is 20.8 Å². The van der Waals surface area contributed by atoms with E-state index in [0.29, 0.717) is 6.42 Å². The van der Waals surface area contributed by atoms with Crippen molar-refractivity contribution in [2.45, 2.75) is 65.2 Å². The molecular formula is C18H28N4O3. The summed E-state index contributed by atoms with van der Waals surface area (Å²) >= 11 is 0. The van der Waals surface area contributed by atoms with E-state index in [4.69, 9.17) is 15.0 Å². The molecule has 0 aliphatic rings. The Morgan fingerprint density at radius 1 is 1.16 bits per heavy atom. The largest absolute Gasteiger partial charge is 0.488 e. The average Bonchev–Trinajstić information content (AvgIpc) is 2.43. The molecule has 138 valence electrons. The molecule has 1 atom stereocenters. The van der Waals surface area contributed by atoms with Crippen molar-refractivity contribution in [3.05, 3.63) is 40.3 Å². The van der Waals surface area contributed by atoms with Crippen molar-refractivity contribution < 1.29 is 14.3 Å². The molecule has 0 aliphatic carbocycles. The molecule has 0 spiro atoms. The van der Waals surface area contributed by atoms with Gasteiger partial charge in [0, 0.05) is 17.5 Å². The molecular weight excluding hydrogens is 320 g/mol. The van der Waals surface area contributed by atoms with E-state index in [-0.39, 0.29) is 18.2 Å². The van der Waals surface area contributed by atoms with E-state index in [9.17, 15) is 4.79 Å². The molecule has 0 aromatic heterocycles. The average molecular weight is 348 g/mol. The van der Waals surface area contributed by atoms with Crippen molar-refractivity contribution in [2.75, 3.05) is 6.54 Å². The molecule has 0 bridgehead atoms. The third-order valence-corrected chi connectivity index (χ3v) is 2.92. The molecule has 0 saturated heterocycles. The molecule has 0 saturated carbocycles. The molecule has 0 fully saturated rings. The van der Waals surface area contributed by atoms with Crippen LogP contribution in [0, 0.1) is 0 Å². The lowest BCUT2D eigenvalue weighted by Gasteiger charge is -2.23. The van der Waals surface area contributed by atoms with Gasteiger partial charge in [-0.2, -0.15) is 0 Å². The van der Waals surface area contributed by atoms with Crippen molar-refractivity contribution in [3.63, 3.8) is 0 Å². The SMILES string of the molecule is CC(C)(C)OC(=O)NC(CN=[N+]=[N-])Cc1ccc(OC(C)(C)C)cc1. The zero-order valence-electron chi connectivity index (χ0n) is 15.9. The van der Waals surface area contributed by atoms with Crippen molar-refractivity contribution >= 4 is 6.09 Å². The lowest BCUT2D eigenvalue weighted by Crippen LogP contribution is -2.41. The van der Waals surface area contributed by atoms with Gasteiger partial charge < -0.3 is 14.8 Å². The van der Waals surface area contributed by atoms with Gasteiger partial charge in [-0.3, -0.25) is 0 Å². The van der Waals surface area contributed by atoms with Crippen LogP contribution in [-0.4, -0.2) is 29.9 Å². The fourth-order valence-corrected chi connectivity index (χ4v) is 2.10. The van der Waals surface area contributed by atoms with Gasteiger partial charge >= 0.3 is 6.09 Å². The van der Waals surface area contributed by atoms with Crippen molar-refractivity contribution in [3.8, 4) is 5.75 Å². The first kappa shape index (κ1) is 20.6. The first-order chi connectivity index (χ1) is 11.5. The van der Waals surface area contributed by atoms with Crippen LogP contribution in [-0.2, 0) is 11.2 Å². The van der Waals surface area contributed by atoms with Gasteiger partial charge in [-0.15, -0.1) is 0 Å². The molecule has 0 radical (unpaired) electrons. The van der Waals surface area contributed by atoms with Gasteiger partial charge in [-0.05, 0) is 71.2 Å². The number of hydrogen-bond donors (Lipinski definition) is 1. The number of ether oxygens (including phenoxy) is 2. The summed E-state index contributed by atoms with van der Waals surface area (Å²) in [6.07, 6.45) is -0.00744. The smallest absolute Gasteiger partial charge is 0.407 e. The number of alkyl carbamates (subject to hydrolysis) is 1. The molecule has 1 aromatic rings. The Labute approximate surface area is 149 Å². The Bertz CT molecular complexity index is 609. The predicted molar refractivity (Wildman–Crippen MR) is 97.7 cm³/mol. The van der Waals surface area contributed by atoms with Gasteiger partial charge in [0.25, 0.3) is 0 Å². The third kappa shape index (κ3) is 9.47. The second kappa shape index (κ2) is 8.62. The molecule has 7 nitrogen and oxygen atoms in total. The van der Waals surface area contributed by atoms with Gasteiger partial charge in [0.2, 0.25) is 0 Å². The van der Waals surface area contributed by atoms with Crippen LogP contribution in [0.4, 0.5) is 4.79 Å². The standard InChI is InChI=1S/C18H28N4O3/c1-17(2,3)24-15-9-7-13(8-10-15)11-14(12-20-22-19)21-16(23)25-18(4,5)6/h7-10,14H,11-12H2,1-6H3,(H,21,23). The number of amides is 1. The Morgan fingerprint density at radius 3 is 2.24 bits per heavy atom. The summed E-state index contributed by atoms with van der Waals surface area (Å²) in [4.78, 5) is 14.7. The first-order valence-electron chi connectivity index (χ1n) is 8.27. The Balaban J connectivity index is 2.74. The van der Waals surface area contributed by atoms with E-state index < -0.39 is 11.7 Å². The minimum absolute atomic E-state index is 0.149. The minimum atomic E-state index is -0.584. The maximum atomic E-state index is 11.9. The van der Waals surface area contributed by atoms with Crippen LogP contribution in [0.1, 0.15) is 47.1 Å². The maximum Gasteiger partial charge on any atom is 0.407 e. The quantitative estimate of drug-likeness (QED) is 0.462. The van der Waals surface area contributed by atoms with Crippen LogP contribution < -0.4 is 10.1 Å². The van der Waals surface area contributed by atoms with Crippen molar-refractivity contribution in [1.82, 2.24) is 5.32 Å². The minimum Gasteiger partial charge on any atom is -0.488 e. The van der Waals surface area contributed by atoms with E-state index in [1.165, 1.54) is 0 Å². The highest BCUT2D eigenvalue weighted by Gasteiger charge is 2.19. The molecule has 0 heterocycles. The fraction of sp³-hybridized carbons (Fsp3) is 0.611. The van der Waals surface area contributed by atoms with Crippen LogP contribution in [0.3, 0.4) is 0 Å². The summed E-state index contributed by atoms with van der Waals surface area (Å²) < 4.78 is 11.0. The van der Waals surface area contributed by atoms with E-state index in [1.807, 2.05) is 45.0 Å². The zero-order chi connectivity index (χ0) is 19.1. The van der Waals surface area contributed by atoms with Gasteiger partial charge in [-0.1, -0.05) is 17.2 Å². The second-order valence-corrected chi connectivity index (χ2v) is 7.82. The van der Waals surface area contributed by atoms with Crippen LogP contribution in [0.5, 0.6) is 5.75 Å². The zero-order valence-corrected chi connectivity index (χ0v) is 15.9. The molecule has 7 heteroatoms. The number of carbonyl (C=O) groups is 1. The van der Waals surface area contributed by atoms with Crippen molar-refractivity contribution in [1.29, 1.82) is 0 Å². The summed E-state index contributed by atoms with van der Waals surface area (Å²) in [5, 5.41) is 6.32. The summed E-state index contributed by atoms with van der Waals surface area (Å²) in [6.45, 7) is 11.5. The molecule has 25 heavy (non-hydrogen) atoms. The number of nitrogens with one attached hydrogen (secondary N) is 1. The summed E-state index contributed by atoms with van der Waals surface area (Å²) in [5.74, 6) is 0.781. The maximum absolute atomic E-state index is 11.9. The van der Waals surface area contributed by atoms with E-state index in [0.717, 1.165) is 11.3 Å². The third-order valence-electron chi connectivity index (χ3n) is 2.92. The number of nitrogens with zero attached hydrogens (tertiary/aromatic N) is 3. The molecule has 1 rings (SSSR count). The van der Waals surface area contributed by atoms with Crippen LogP contribution >= 0.6 is 0 Å². The van der Waals surface area contributed by atoms with Crippen LogP contribution in [0.2, 0.25) is 0 Å². The fourth-order valence-electron chi connectivity index (χ4n) is 2.10. The summed E-state index contributed by atoms with van der Waals surface area (Å²) in [5.41, 5.74) is 8.70. The monoisotopic (exact) mass is 348 g/mol. The first-order valence-corrected chi connectivity index (χ1v) is 8.27. The van der Waals surface area contributed by atoms with Gasteiger partial charge in [0.05, 0.1) is 0 Å². The lowest BCUT2D eigenvalue weighted by molar-refractivity contribution is 0.0506. The number of carbonyl (C=O) groups excluding carboxylic acids is 1. The van der Waals surface area contributed by atoms with Gasteiger partial charge in [0.15, 0.2) is 0 Å². The number of rotatable bonds is 6. The predicted octanol–water partition coefficient (Wildman–Crippen LogP) is 4.61. The molecule has 1 amide bonds. The number of benzene rings is 1.